The van der Waals surface area contributed by atoms with Gasteiger partial charge in [-0.1, -0.05) is 103 Å². The topological polar surface area (TPSA) is 0 Å². The molecule has 1 aromatic rings. The lowest BCUT2D eigenvalue weighted by atomic mass is 9.67. The van der Waals surface area contributed by atoms with Crippen LogP contribution in [0.5, 0.6) is 0 Å². The van der Waals surface area contributed by atoms with Gasteiger partial charge in [0, 0.05) is 11.8 Å². The van der Waals surface area contributed by atoms with Gasteiger partial charge in [-0.15, -0.1) is 0 Å². The fourth-order valence-electron chi connectivity index (χ4n) is 7.21. The van der Waals surface area contributed by atoms with E-state index in [1.54, 1.807) is 16.7 Å². The molecule has 0 amide bonds. The Labute approximate surface area is 215 Å². The second kappa shape index (κ2) is 9.25. The highest BCUT2D eigenvalue weighted by Crippen LogP contribution is 2.45. The standard InChI is InChI=1S/C36H34/c1-2-10-25(11-3-1)27-18-21-28(22-19-27)35-31-14-6-8-16-33(31)36(34-17-9-7-15-32(34)35)30-23-20-26-12-4-5-13-29(26)24-30/h1-2,4,6-10,12,14-18,20-21,23,29,31,33H,3,5,11,13,19,22,24H2. The third-order valence-electron chi connectivity index (χ3n) is 8.98. The summed E-state index contributed by atoms with van der Waals surface area (Å²) in [5, 5.41) is 2.91. The summed E-state index contributed by atoms with van der Waals surface area (Å²) < 4.78 is 0. The van der Waals surface area contributed by atoms with E-state index in [1.165, 1.54) is 64.8 Å². The first kappa shape index (κ1) is 21.9. The van der Waals surface area contributed by atoms with Gasteiger partial charge in [0.15, 0.2) is 0 Å². The molecule has 3 atom stereocenters. The van der Waals surface area contributed by atoms with Gasteiger partial charge in [0.05, 0.1) is 0 Å². The quantitative estimate of drug-likeness (QED) is 0.432. The average molecular weight is 467 g/mol. The zero-order chi connectivity index (χ0) is 23.9. The maximum Gasteiger partial charge on any atom is 0.0134 e. The average Bonchev–Trinajstić information content (AvgIpc) is 2.96. The Morgan fingerprint density at radius 3 is 2.00 bits per heavy atom. The normalized spacial score (nSPS) is 28.3. The number of allylic oxidation sites excluding steroid dienone is 18. The number of hydrogen-bond donors (Lipinski definition) is 0. The molecule has 0 N–H and O–H groups in total. The van der Waals surface area contributed by atoms with Crippen molar-refractivity contribution in [3.63, 3.8) is 0 Å². The van der Waals surface area contributed by atoms with E-state index >= 15 is 0 Å². The molecule has 3 unspecified atom stereocenters. The molecular formula is C36H34. The molecule has 0 heteroatoms. The van der Waals surface area contributed by atoms with Crippen LogP contribution in [-0.2, 0) is 0 Å². The van der Waals surface area contributed by atoms with Gasteiger partial charge in [-0.05, 0) is 100 Å². The minimum absolute atomic E-state index is 0.412. The summed E-state index contributed by atoms with van der Waals surface area (Å²) in [5.74, 6) is 1.50. The molecule has 0 aliphatic heterocycles. The summed E-state index contributed by atoms with van der Waals surface area (Å²) in [5.41, 5.74) is 10.8. The van der Waals surface area contributed by atoms with Gasteiger partial charge in [-0.3, -0.25) is 0 Å². The van der Waals surface area contributed by atoms with Crippen LogP contribution in [0.4, 0.5) is 0 Å². The lowest BCUT2D eigenvalue weighted by Crippen LogP contribution is -2.41. The molecule has 1 aromatic carbocycles. The predicted octanol–water partition coefficient (Wildman–Crippen LogP) is 7.51. The van der Waals surface area contributed by atoms with Crippen LogP contribution in [0, 0.1) is 17.8 Å². The van der Waals surface area contributed by atoms with E-state index in [1.807, 2.05) is 0 Å². The van der Waals surface area contributed by atoms with Crippen molar-refractivity contribution in [3.8, 4) is 0 Å². The van der Waals surface area contributed by atoms with Crippen LogP contribution >= 0.6 is 0 Å². The van der Waals surface area contributed by atoms with Crippen LogP contribution in [-0.4, -0.2) is 0 Å². The Kier molecular flexibility index (Phi) is 5.62. The van der Waals surface area contributed by atoms with Crippen molar-refractivity contribution in [2.75, 3.05) is 0 Å². The lowest BCUT2D eigenvalue weighted by molar-refractivity contribution is 0.551. The fraction of sp³-hybridized carbons (Fsp3) is 0.278. The van der Waals surface area contributed by atoms with Gasteiger partial charge in [-0.25, -0.2) is 0 Å². The Morgan fingerprint density at radius 2 is 1.28 bits per heavy atom. The van der Waals surface area contributed by atoms with Crippen molar-refractivity contribution in [1.82, 2.24) is 0 Å². The molecule has 6 aliphatic rings. The molecule has 0 nitrogen and oxygen atoms in total. The van der Waals surface area contributed by atoms with Gasteiger partial charge in [0.2, 0.25) is 0 Å². The Hall–Kier alpha value is -3.38. The second-order valence-electron chi connectivity index (χ2n) is 11.0. The van der Waals surface area contributed by atoms with Gasteiger partial charge >= 0.3 is 0 Å². The second-order valence-corrected chi connectivity index (χ2v) is 11.0. The third kappa shape index (κ3) is 3.75. The molecule has 0 bridgehead atoms. The molecule has 178 valence electrons. The lowest BCUT2D eigenvalue weighted by Gasteiger charge is -2.37. The Bertz CT molecular complexity index is 1500. The molecule has 7 rings (SSSR count). The highest BCUT2D eigenvalue weighted by molar-refractivity contribution is 5.81. The van der Waals surface area contributed by atoms with Gasteiger partial charge in [0.25, 0.3) is 0 Å². The summed E-state index contributed by atoms with van der Waals surface area (Å²) in [7, 11) is 0. The number of fused-ring (bicyclic) bond motifs is 3. The molecule has 0 aromatic heterocycles. The molecule has 0 radical (unpaired) electrons. The van der Waals surface area contributed by atoms with Crippen LogP contribution in [0.2, 0.25) is 0 Å². The van der Waals surface area contributed by atoms with Crippen molar-refractivity contribution in [2.24, 2.45) is 17.8 Å². The van der Waals surface area contributed by atoms with E-state index in [9.17, 15) is 0 Å². The van der Waals surface area contributed by atoms with Crippen molar-refractivity contribution >= 4 is 11.1 Å². The van der Waals surface area contributed by atoms with Gasteiger partial charge < -0.3 is 0 Å². The summed E-state index contributed by atoms with van der Waals surface area (Å²) in [6.07, 6.45) is 39.0. The third-order valence-corrected chi connectivity index (χ3v) is 8.98. The van der Waals surface area contributed by atoms with Crippen LogP contribution < -0.4 is 10.4 Å². The number of hydrogen-bond acceptors (Lipinski definition) is 0. The van der Waals surface area contributed by atoms with Crippen molar-refractivity contribution in [2.45, 2.75) is 44.9 Å². The Morgan fingerprint density at radius 1 is 0.583 bits per heavy atom. The summed E-state index contributed by atoms with van der Waals surface area (Å²) in [6, 6.07) is 9.25. The molecular weight excluding hydrogens is 432 g/mol. The van der Waals surface area contributed by atoms with Crippen molar-refractivity contribution in [3.05, 3.63) is 142 Å². The molecule has 0 heterocycles. The maximum atomic E-state index is 2.47. The molecule has 6 aliphatic carbocycles. The summed E-state index contributed by atoms with van der Waals surface area (Å²) >= 11 is 0. The van der Waals surface area contributed by atoms with E-state index in [4.69, 9.17) is 0 Å². The van der Waals surface area contributed by atoms with E-state index in [0.29, 0.717) is 17.8 Å². The first-order valence-corrected chi connectivity index (χ1v) is 13.9. The van der Waals surface area contributed by atoms with Crippen LogP contribution in [0.1, 0.15) is 44.9 Å². The SMILES string of the molecule is C1=CCCC(C2=CC=C(C3=c4ccccc4=C(C4=CC=C5C=CCCC5C4)C4C=CC=CC34)CC2)=C1. The minimum atomic E-state index is 0.412. The summed E-state index contributed by atoms with van der Waals surface area (Å²) in [4.78, 5) is 0. The van der Waals surface area contributed by atoms with E-state index in [-0.39, 0.29) is 0 Å². The monoisotopic (exact) mass is 466 g/mol. The van der Waals surface area contributed by atoms with Gasteiger partial charge in [-0.2, -0.15) is 0 Å². The van der Waals surface area contributed by atoms with E-state index in [0.717, 1.165) is 12.8 Å². The number of rotatable bonds is 3. The highest BCUT2D eigenvalue weighted by Gasteiger charge is 2.34. The predicted molar refractivity (Wildman–Crippen MR) is 152 cm³/mol. The largest absolute Gasteiger partial charge is 0.0842 e. The molecule has 36 heavy (non-hydrogen) atoms. The first-order chi connectivity index (χ1) is 17.9. The maximum absolute atomic E-state index is 2.47. The fourth-order valence-corrected chi connectivity index (χ4v) is 7.21. The highest BCUT2D eigenvalue weighted by atomic mass is 14.4. The number of benzene rings is 1. The first-order valence-electron chi connectivity index (χ1n) is 13.9. The van der Waals surface area contributed by atoms with Gasteiger partial charge in [0.1, 0.15) is 0 Å². The molecule has 0 saturated heterocycles. The van der Waals surface area contributed by atoms with E-state index < -0.39 is 0 Å². The molecule has 0 spiro atoms. The zero-order valence-electron chi connectivity index (χ0n) is 21.0. The van der Waals surface area contributed by atoms with Crippen LogP contribution in [0.15, 0.2) is 131 Å². The van der Waals surface area contributed by atoms with Crippen molar-refractivity contribution in [1.29, 1.82) is 0 Å². The smallest absolute Gasteiger partial charge is 0.0134 e. The van der Waals surface area contributed by atoms with Crippen LogP contribution in [0.3, 0.4) is 0 Å². The minimum Gasteiger partial charge on any atom is -0.0842 e. The molecule has 0 fully saturated rings. The Balaban J connectivity index is 1.40. The summed E-state index contributed by atoms with van der Waals surface area (Å²) in [6.45, 7) is 0. The van der Waals surface area contributed by atoms with Crippen LogP contribution in [0.25, 0.3) is 11.1 Å². The molecule has 0 saturated carbocycles. The van der Waals surface area contributed by atoms with E-state index in [2.05, 4.69) is 103 Å². The van der Waals surface area contributed by atoms with Crippen molar-refractivity contribution < 1.29 is 0 Å². The zero-order valence-corrected chi connectivity index (χ0v) is 21.0.